The number of benzene rings is 1. The maximum absolute atomic E-state index is 10.6. The van der Waals surface area contributed by atoms with Crippen LogP contribution in [-0.4, -0.2) is 14.9 Å². The number of hydrogen-bond donors (Lipinski definition) is 1. The number of fused-ring (bicyclic) bond motifs is 1. The molecule has 0 fully saturated rings. The Balaban J connectivity index is 1.82. The van der Waals surface area contributed by atoms with Gasteiger partial charge in [0.1, 0.15) is 0 Å². The first-order valence-electron chi connectivity index (χ1n) is 7.48. The number of nitrogens with zero attached hydrogens (tertiary/aromatic N) is 2. The van der Waals surface area contributed by atoms with Gasteiger partial charge in [-0.3, -0.25) is 4.68 Å². The van der Waals surface area contributed by atoms with Crippen molar-refractivity contribution < 1.29 is 5.11 Å². The van der Waals surface area contributed by atoms with E-state index in [-0.39, 0.29) is 6.10 Å². The van der Waals surface area contributed by atoms with Crippen LogP contribution in [0.2, 0.25) is 0 Å². The highest BCUT2D eigenvalue weighted by atomic mass is 16.3. The molecule has 0 bridgehead atoms. The van der Waals surface area contributed by atoms with Crippen molar-refractivity contribution in [1.29, 1.82) is 0 Å². The van der Waals surface area contributed by atoms with E-state index in [4.69, 9.17) is 0 Å². The maximum Gasteiger partial charge on any atom is 0.0824 e. The highest BCUT2D eigenvalue weighted by Crippen LogP contribution is 2.36. The van der Waals surface area contributed by atoms with Gasteiger partial charge in [0.05, 0.1) is 11.8 Å². The van der Waals surface area contributed by atoms with Crippen LogP contribution < -0.4 is 0 Å². The second-order valence-electron chi connectivity index (χ2n) is 5.74. The van der Waals surface area contributed by atoms with Crippen LogP contribution in [0.3, 0.4) is 0 Å². The molecule has 1 N–H and O–H groups in total. The van der Waals surface area contributed by atoms with Crippen molar-refractivity contribution in [3.63, 3.8) is 0 Å². The number of rotatable bonds is 3. The molecule has 0 saturated carbocycles. The Kier molecular flexibility index (Phi) is 3.62. The van der Waals surface area contributed by atoms with Crippen LogP contribution in [0.15, 0.2) is 30.3 Å². The molecule has 1 aromatic heterocycles. The molecular formula is C17H22N2O. The average molecular weight is 270 g/mol. The minimum absolute atomic E-state index is 0.297. The van der Waals surface area contributed by atoms with E-state index in [0.717, 1.165) is 37.1 Å². The first kappa shape index (κ1) is 13.4. The molecule has 3 nitrogen and oxygen atoms in total. The lowest BCUT2D eigenvalue weighted by Crippen LogP contribution is -2.23. The Bertz CT molecular complexity index is 603. The van der Waals surface area contributed by atoms with Crippen LogP contribution >= 0.6 is 0 Å². The van der Waals surface area contributed by atoms with Crippen molar-refractivity contribution in [3.05, 3.63) is 52.8 Å². The van der Waals surface area contributed by atoms with E-state index in [1.165, 1.54) is 11.3 Å². The lowest BCUT2D eigenvalue weighted by molar-refractivity contribution is 0.0924. The average Bonchev–Trinajstić information content (AvgIpc) is 2.82. The van der Waals surface area contributed by atoms with Gasteiger partial charge in [-0.1, -0.05) is 24.3 Å². The molecule has 106 valence electrons. The van der Waals surface area contributed by atoms with Crippen LogP contribution in [-0.2, 0) is 19.4 Å². The molecular weight excluding hydrogens is 248 g/mol. The monoisotopic (exact) mass is 270 g/mol. The fourth-order valence-corrected chi connectivity index (χ4v) is 3.32. The summed E-state index contributed by atoms with van der Waals surface area (Å²) in [6.45, 7) is 5.04. The third-order valence-corrected chi connectivity index (χ3v) is 4.36. The van der Waals surface area contributed by atoms with Gasteiger partial charge < -0.3 is 5.11 Å². The first-order valence-corrected chi connectivity index (χ1v) is 7.48. The summed E-state index contributed by atoms with van der Waals surface area (Å²) in [6, 6.07) is 10.4. The minimum atomic E-state index is -0.347. The summed E-state index contributed by atoms with van der Waals surface area (Å²) in [7, 11) is 0. The van der Waals surface area contributed by atoms with Crippen LogP contribution in [0.4, 0.5) is 0 Å². The molecule has 2 atom stereocenters. The van der Waals surface area contributed by atoms with Crippen LogP contribution in [0, 0.1) is 12.8 Å². The van der Waals surface area contributed by atoms with Crippen molar-refractivity contribution in [3.8, 4) is 0 Å². The van der Waals surface area contributed by atoms with Gasteiger partial charge in [0.25, 0.3) is 0 Å². The van der Waals surface area contributed by atoms with Crippen molar-refractivity contribution in [2.45, 2.75) is 45.8 Å². The fraction of sp³-hybridized carbons (Fsp3) is 0.471. The first-order chi connectivity index (χ1) is 9.69. The van der Waals surface area contributed by atoms with E-state index in [1.54, 1.807) is 0 Å². The van der Waals surface area contributed by atoms with E-state index < -0.39 is 0 Å². The summed E-state index contributed by atoms with van der Waals surface area (Å²) in [6.07, 6.45) is 2.67. The van der Waals surface area contributed by atoms with Gasteiger partial charge in [-0.2, -0.15) is 5.10 Å². The fourth-order valence-electron chi connectivity index (χ4n) is 3.32. The summed E-state index contributed by atoms with van der Waals surface area (Å²) in [4.78, 5) is 0. The number of aryl methyl sites for hydroxylation is 3. The highest BCUT2D eigenvalue weighted by molar-refractivity contribution is 5.32. The summed E-state index contributed by atoms with van der Waals surface area (Å²) < 4.78 is 2.06. The number of aliphatic hydroxyl groups excluding tert-OH is 1. The molecule has 0 amide bonds. The van der Waals surface area contributed by atoms with Gasteiger partial charge in [0.2, 0.25) is 0 Å². The molecule has 1 heterocycles. The number of aromatic nitrogens is 2. The topological polar surface area (TPSA) is 38.0 Å². The molecule has 1 aromatic carbocycles. The number of hydrogen-bond acceptors (Lipinski definition) is 2. The largest absolute Gasteiger partial charge is 0.388 e. The second kappa shape index (κ2) is 5.41. The van der Waals surface area contributed by atoms with Gasteiger partial charge in [-0.25, -0.2) is 0 Å². The summed E-state index contributed by atoms with van der Waals surface area (Å²) >= 11 is 0. The standard InChI is InChI=1S/C17H22N2O/c1-3-19-15(10-12(2)18-19)11-14-9-8-13-6-4-5-7-16(13)17(14)20/h4-7,10,14,17,20H,3,8-9,11H2,1-2H3. The zero-order valence-corrected chi connectivity index (χ0v) is 12.2. The Morgan fingerprint density at radius 2 is 2.15 bits per heavy atom. The molecule has 3 rings (SSSR count). The van der Waals surface area contributed by atoms with Crippen LogP contribution in [0.1, 0.15) is 42.0 Å². The molecule has 2 unspecified atom stereocenters. The molecule has 3 heteroatoms. The quantitative estimate of drug-likeness (QED) is 0.931. The molecule has 20 heavy (non-hydrogen) atoms. The summed E-state index contributed by atoms with van der Waals surface area (Å²) in [5, 5.41) is 15.1. The van der Waals surface area contributed by atoms with Crippen molar-refractivity contribution >= 4 is 0 Å². The van der Waals surface area contributed by atoms with Gasteiger partial charge in [0.15, 0.2) is 0 Å². The van der Waals surface area contributed by atoms with E-state index >= 15 is 0 Å². The van der Waals surface area contributed by atoms with E-state index in [0.29, 0.717) is 5.92 Å². The SMILES string of the molecule is CCn1nc(C)cc1CC1CCc2ccccc2C1O. The summed E-state index contributed by atoms with van der Waals surface area (Å²) in [5.74, 6) is 0.297. The second-order valence-corrected chi connectivity index (χ2v) is 5.74. The Hall–Kier alpha value is -1.61. The zero-order chi connectivity index (χ0) is 14.1. The molecule has 0 saturated heterocycles. The Morgan fingerprint density at radius 1 is 1.35 bits per heavy atom. The number of aliphatic hydroxyl groups is 1. The van der Waals surface area contributed by atoms with E-state index in [2.05, 4.69) is 41.0 Å². The maximum atomic E-state index is 10.6. The van der Waals surface area contributed by atoms with Crippen molar-refractivity contribution in [2.24, 2.45) is 5.92 Å². The van der Waals surface area contributed by atoms with Crippen molar-refractivity contribution in [1.82, 2.24) is 9.78 Å². The molecule has 0 aliphatic heterocycles. The predicted molar refractivity (Wildman–Crippen MR) is 79.6 cm³/mol. The molecule has 1 aliphatic carbocycles. The Morgan fingerprint density at radius 3 is 2.95 bits per heavy atom. The molecule has 0 spiro atoms. The Labute approximate surface area is 120 Å². The predicted octanol–water partition coefficient (Wildman–Crippen LogP) is 3.05. The minimum Gasteiger partial charge on any atom is -0.388 e. The third kappa shape index (κ3) is 2.38. The van der Waals surface area contributed by atoms with Gasteiger partial charge in [-0.05, 0) is 56.2 Å². The molecule has 2 aromatic rings. The molecule has 1 aliphatic rings. The third-order valence-electron chi connectivity index (χ3n) is 4.36. The molecule has 0 radical (unpaired) electrons. The normalized spacial score (nSPS) is 21.8. The lowest BCUT2D eigenvalue weighted by Gasteiger charge is -2.30. The van der Waals surface area contributed by atoms with Gasteiger partial charge >= 0.3 is 0 Å². The van der Waals surface area contributed by atoms with Gasteiger partial charge in [0, 0.05) is 12.2 Å². The van der Waals surface area contributed by atoms with E-state index in [9.17, 15) is 5.11 Å². The van der Waals surface area contributed by atoms with Crippen molar-refractivity contribution in [2.75, 3.05) is 0 Å². The highest BCUT2D eigenvalue weighted by Gasteiger charge is 2.28. The van der Waals surface area contributed by atoms with Crippen LogP contribution in [0.25, 0.3) is 0 Å². The van der Waals surface area contributed by atoms with Gasteiger partial charge in [-0.15, -0.1) is 0 Å². The lowest BCUT2D eigenvalue weighted by atomic mass is 9.79. The van der Waals surface area contributed by atoms with E-state index in [1.807, 2.05) is 13.0 Å². The zero-order valence-electron chi connectivity index (χ0n) is 12.2. The summed E-state index contributed by atoms with van der Waals surface area (Å²) in [5.41, 5.74) is 4.72. The van der Waals surface area contributed by atoms with Crippen LogP contribution in [0.5, 0.6) is 0 Å². The smallest absolute Gasteiger partial charge is 0.0824 e.